The average Bonchev–Trinajstić information content (AvgIpc) is 2.67. The van der Waals surface area contributed by atoms with E-state index in [1.54, 1.807) is 0 Å². The fourth-order valence-electron chi connectivity index (χ4n) is 2.99. The Morgan fingerprint density at radius 3 is 2.76 bits per heavy atom. The van der Waals surface area contributed by atoms with Crippen LogP contribution >= 0.6 is 0 Å². The maximum absolute atomic E-state index is 6.01. The van der Waals surface area contributed by atoms with Crippen LogP contribution in [0.25, 0.3) is 0 Å². The van der Waals surface area contributed by atoms with Crippen LogP contribution in [-0.4, -0.2) is 18.6 Å². The monoisotopic (exact) mass is 232 g/mol. The second-order valence-corrected chi connectivity index (χ2v) is 5.28. The zero-order valence-corrected chi connectivity index (χ0v) is 11.2. The first-order chi connectivity index (χ1) is 8.19. The van der Waals surface area contributed by atoms with E-state index in [0.29, 0.717) is 18.0 Å². The van der Waals surface area contributed by atoms with Gasteiger partial charge in [0.25, 0.3) is 0 Å². The van der Waals surface area contributed by atoms with Crippen molar-refractivity contribution in [3.8, 4) is 0 Å². The quantitative estimate of drug-likeness (QED) is 0.865. The number of rotatable bonds is 4. The first-order valence-corrected chi connectivity index (χ1v) is 6.75. The second kappa shape index (κ2) is 5.09. The normalized spacial score (nSPS) is 22.4. The molecular formula is C15H24N2. The third-order valence-corrected chi connectivity index (χ3v) is 4.16. The molecule has 0 saturated heterocycles. The first kappa shape index (κ1) is 12.4. The molecule has 1 aliphatic heterocycles. The second-order valence-electron chi connectivity index (χ2n) is 5.28. The van der Waals surface area contributed by atoms with Crippen LogP contribution in [0.1, 0.15) is 32.8 Å². The molecule has 94 valence electrons. The molecule has 0 amide bonds. The molecule has 2 rings (SSSR count). The molecule has 2 nitrogen and oxygen atoms in total. The summed E-state index contributed by atoms with van der Waals surface area (Å²) in [5.41, 5.74) is 8.88. The van der Waals surface area contributed by atoms with Crippen molar-refractivity contribution in [2.45, 2.75) is 45.7 Å². The van der Waals surface area contributed by atoms with Gasteiger partial charge in [-0.1, -0.05) is 38.5 Å². The van der Waals surface area contributed by atoms with Crippen LogP contribution in [0.5, 0.6) is 0 Å². The summed E-state index contributed by atoms with van der Waals surface area (Å²) < 4.78 is 0. The van der Waals surface area contributed by atoms with Crippen LogP contribution in [0.3, 0.4) is 0 Å². The summed E-state index contributed by atoms with van der Waals surface area (Å²) in [4.78, 5) is 2.55. The molecule has 0 radical (unpaired) electrons. The zero-order valence-electron chi connectivity index (χ0n) is 11.2. The van der Waals surface area contributed by atoms with Crippen molar-refractivity contribution in [2.75, 3.05) is 11.4 Å². The number of para-hydroxylation sites is 1. The highest BCUT2D eigenvalue weighted by atomic mass is 15.2. The van der Waals surface area contributed by atoms with E-state index in [9.17, 15) is 0 Å². The molecule has 3 unspecified atom stereocenters. The van der Waals surface area contributed by atoms with E-state index >= 15 is 0 Å². The van der Waals surface area contributed by atoms with Gasteiger partial charge in [0.2, 0.25) is 0 Å². The standard InChI is InChI=1S/C15H24N2/c1-4-11(2)15(10-16)17-12(3)9-13-7-5-6-8-14(13)17/h5-8,11-12,15H,4,9-10,16H2,1-3H3. The van der Waals surface area contributed by atoms with Crippen LogP contribution in [0.2, 0.25) is 0 Å². The Kier molecular flexibility index (Phi) is 3.72. The van der Waals surface area contributed by atoms with Gasteiger partial charge in [-0.25, -0.2) is 0 Å². The average molecular weight is 232 g/mol. The van der Waals surface area contributed by atoms with Crippen molar-refractivity contribution in [2.24, 2.45) is 11.7 Å². The van der Waals surface area contributed by atoms with Gasteiger partial charge in [-0.3, -0.25) is 0 Å². The third-order valence-electron chi connectivity index (χ3n) is 4.16. The fourth-order valence-corrected chi connectivity index (χ4v) is 2.99. The molecule has 1 aromatic rings. The molecular weight excluding hydrogens is 208 g/mol. The number of anilines is 1. The van der Waals surface area contributed by atoms with E-state index in [4.69, 9.17) is 5.73 Å². The van der Waals surface area contributed by atoms with Crippen LogP contribution in [0.4, 0.5) is 5.69 Å². The Morgan fingerprint density at radius 1 is 1.41 bits per heavy atom. The minimum atomic E-state index is 0.471. The molecule has 1 heterocycles. The van der Waals surface area contributed by atoms with Crippen molar-refractivity contribution >= 4 is 5.69 Å². The first-order valence-electron chi connectivity index (χ1n) is 6.75. The molecule has 3 atom stereocenters. The van der Waals surface area contributed by atoms with Gasteiger partial charge in [-0.05, 0) is 30.9 Å². The number of fused-ring (bicyclic) bond motifs is 1. The highest BCUT2D eigenvalue weighted by Crippen LogP contribution is 2.35. The maximum Gasteiger partial charge on any atom is 0.0440 e. The summed E-state index contributed by atoms with van der Waals surface area (Å²) in [6.07, 6.45) is 2.34. The number of hydrogen-bond acceptors (Lipinski definition) is 2. The van der Waals surface area contributed by atoms with E-state index in [1.807, 2.05) is 0 Å². The van der Waals surface area contributed by atoms with Crippen molar-refractivity contribution in [1.29, 1.82) is 0 Å². The summed E-state index contributed by atoms with van der Waals surface area (Å²) in [5.74, 6) is 0.647. The van der Waals surface area contributed by atoms with Gasteiger partial charge in [0.1, 0.15) is 0 Å². The van der Waals surface area contributed by atoms with E-state index in [0.717, 1.165) is 13.0 Å². The summed E-state index contributed by atoms with van der Waals surface area (Å²) in [6.45, 7) is 7.61. The largest absolute Gasteiger partial charge is 0.364 e. The smallest absolute Gasteiger partial charge is 0.0440 e. The number of hydrogen-bond donors (Lipinski definition) is 1. The molecule has 2 heteroatoms. The van der Waals surface area contributed by atoms with E-state index in [-0.39, 0.29) is 0 Å². The SMILES string of the molecule is CCC(C)C(CN)N1c2ccccc2CC1C. The molecule has 2 N–H and O–H groups in total. The van der Waals surface area contributed by atoms with Gasteiger partial charge in [0.05, 0.1) is 0 Å². The number of benzene rings is 1. The predicted molar refractivity (Wildman–Crippen MR) is 74.4 cm³/mol. The number of nitrogens with two attached hydrogens (primary N) is 1. The van der Waals surface area contributed by atoms with E-state index < -0.39 is 0 Å². The third kappa shape index (κ3) is 2.19. The molecule has 0 aromatic heterocycles. The van der Waals surface area contributed by atoms with Crippen molar-refractivity contribution in [1.82, 2.24) is 0 Å². The van der Waals surface area contributed by atoms with E-state index in [2.05, 4.69) is 49.9 Å². The topological polar surface area (TPSA) is 29.3 Å². The lowest BCUT2D eigenvalue weighted by Crippen LogP contribution is -2.47. The molecule has 0 bridgehead atoms. The molecule has 17 heavy (non-hydrogen) atoms. The summed E-state index contributed by atoms with van der Waals surface area (Å²) >= 11 is 0. The lowest BCUT2D eigenvalue weighted by molar-refractivity contribution is 0.402. The van der Waals surface area contributed by atoms with Crippen molar-refractivity contribution < 1.29 is 0 Å². The summed E-state index contributed by atoms with van der Waals surface area (Å²) in [7, 11) is 0. The van der Waals surface area contributed by atoms with Crippen LogP contribution < -0.4 is 10.6 Å². The van der Waals surface area contributed by atoms with Crippen molar-refractivity contribution in [3.63, 3.8) is 0 Å². The van der Waals surface area contributed by atoms with Crippen LogP contribution in [0, 0.1) is 5.92 Å². The minimum absolute atomic E-state index is 0.471. The molecule has 0 fully saturated rings. The van der Waals surface area contributed by atoms with Gasteiger partial charge < -0.3 is 10.6 Å². The summed E-state index contributed by atoms with van der Waals surface area (Å²) in [5, 5.41) is 0. The zero-order chi connectivity index (χ0) is 12.4. The summed E-state index contributed by atoms with van der Waals surface area (Å²) in [6, 6.07) is 9.80. The number of nitrogens with zero attached hydrogens (tertiary/aromatic N) is 1. The van der Waals surface area contributed by atoms with Crippen molar-refractivity contribution in [3.05, 3.63) is 29.8 Å². The Balaban J connectivity index is 2.31. The Hall–Kier alpha value is -1.02. The van der Waals surface area contributed by atoms with Gasteiger partial charge in [0.15, 0.2) is 0 Å². The highest BCUT2D eigenvalue weighted by Gasteiger charge is 2.32. The molecule has 0 spiro atoms. The highest BCUT2D eigenvalue weighted by molar-refractivity contribution is 5.60. The Labute approximate surface area is 105 Å². The maximum atomic E-state index is 6.01. The Morgan fingerprint density at radius 2 is 2.12 bits per heavy atom. The molecule has 1 aromatic carbocycles. The molecule has 0 aliphatic carbocycles. The molecule has 1 aliphatic rings. The lowest BCUT2D eigenvalue weighted by atomic mass is 9.96. The van der Waals surface area contributed by atoms with Crippen LogP contribution in [-0.2, 0) is 6.42 Å². The minimum Gasteiger partial charge on any atom is -0.364 e. The van der Waals surface area contributed by atoms with Crippen LogP contribution in [0.15, 0.2) is 24.3 Å². The molecule has 0 saturated carbocycles. The van der Waals surface area contributed by atoms with Gasteiger partial charge in [0, 0.05) is 24.3 Å². The van der Waals surface area contributed by atoms with Gasteiger partial charge >= 0.3 is 0 Å². The Bertz CT molecular complexity index is 375. The van der Waals surface area contributed by atoms with Gasteiger partial charge in [-0.15, -0.1) is 0 Å². The lowest BCUT2D eigenvalue weighted by Gasteiger charge is -2.37. The fraction of sp³-hybridized carbons (Fsp3) is 0.600. The predicted octanol–water partition coefficient (Wildman–Crippen LogP) is 2.81. The van der Waals surface area contributed by atoms with E-state index in [1.165, 1.54) is 17.7 Å². The van der Waals surface area contributed by atoms with Gasteiger partial charge in [-0.2, -0.15) is 0 Å².